The highest BCUT2D eigenvalue weighted by molar-refractivity contribution is 7.80. The molecule has 0 saturated heterocycles. The van der Waals surface area contributed by atoms with Gasteiger partial charge in [-0.3, -0.25) is 0 Å². The molecule has 0 aliphatic carbocycles. The van der Waals surface area contributed by atoms with Gasteiger partial charge < -0.3 is 10.6 Å². The van der Waals surface area contributed by atoms with E-state index in [1.165, 1.54) is 11.1 Å². The lowest BCUT2D eigenvalue weighted by atomic mass is 10.0. The van der Waals surface area contributed by atoms with Gasteiger partial charge in [-0.15, -0.1) is 0 Å². The molecule has 0 bridgehead atoms. The Morgan fingerprint density at radius 1 is 1.00 bits per heavy atom. The molecule has 110 valence electrons. The molecular formula is C18H22N2S. The fourth-order valence-corrected chi connectivity index (χ4v) is 2.46. The normalized spacial score (nSPS) is 10.4. The monoisotopic (exact) mass is 298 g/mol. The van der Waals surface area contributed by atoms with E-state index in [1.807, 2.05) is 12.1 Å². The zero-order chi connectivity index (χ0) is 15.1. The number of hydrogen-bond acceptors (Lipinski definition) is 1. The van der Waals surface area contributed by atoms with Crippen LogP contribution in [0.4, 0.5) is 5.69 Å². The molecule has 2 N–H and O–H groups in total. The van der Waals surface area contributed by atoms with Crippen LogP contribution in [-0.4, -0.2) is 11.7 Å². The van der Waals surface area contributed by atoms with E-state index >= 15 is 0 Å². The number of nitrogens with one attached hydrogen (secondary N) is 2. The highest BCUT2D eigenvalue weighted by Gasteiger charge is 2.06. The van der Waals surface area contributed by atoms with Crippen LogP contribution in [0, 0.1) is 0 Å². The summed E-state index contributed by atoms with van der Waals surface area (Å²) in [5.41, 5.74) is 3.69. The smallest absolute Gasteiger partial charge is 0.170 e. The maximum atomic E-state index is 5.38. The van der Waals surface area contributed by atoms with Crippen molar-refractivity contribution in [1.29, 1.82) is 0 Å². The lowest BCUT2D eigenvalue weighted by molar-refractivity contribution is 0.863. The Balaban J connectivity index is 1.85. The molecule has 21 heavy (non-hydrogen) atoms. The zero-order valence-corrected chi connectivity index (χ0v) is 13.4. The van der Waals surface area contributed by atoms with Gasteiger partial charge in [-0.1, -0.05) is 62.4 Å². The minimum absolute atomic E-state index is 0.473. The lowest BCUT2D eigenvalue weighted by Crippen LogP contribution is -2.30. The molecule has 0 aromatic heterocycles. The number of thiocarbonyl (C=S) groups is 1. The molecule has 0 aliphatic heterocycles. The van der Waals surface area contributed by atoms with Gasteiger partial charge in [0, 0.05) is 12.2 Å². The van der Waals surface area contributed by atoms with Crippen LogP contribution in [0.1, 0.15) is 30.9 Å². The summed E-state index contributed by atoms with van der Waals surface area (Å²) < 4.78 is 0. The molecule has 0 spiro atoms. The van der Waals surface area contributed by atoms with Gasteiger partial charge in [-0.25, -0.2) is 0 Å². The van der Waals surface area contributed by atoms with Gasteiger partial charge in [0.05, 0.1) is 0 Å². The summed E-state index contributed by atoms with van der Waals surface area (Å²) in [5.74, 6) is 0.473. The van der Waals surface area contributed by atoms with Crippen LogP contribution in [0.2, 0.25) is 0 Å². The molecule has 0 aliphatic rings. The highest BCUT2D eigenvalue weighted by Crippen LogP contribution is 2.23. The molecule has 2 nitrogen and oxygen atoms in total. The third-order valence-corrected chi connectivity index (χ3v) is 3.62. The summed E-state index contributed by atoms with van der Waals surface area (Å²) >= 11 is 5.38. The summed E-state index contributed by atoms with van der Waals surface area (Å²) in [4.78, 5) is 0. The molecule has 3 heteroatoms. The van der Waals surface area contributed by atoms with Crippen molar-refractivity contribution in [3.05, 3.63) is 65.7 Å². The predicted octanol–water partition coefficient (Wildman–Crippen LogP) is 4.34. The van der Waals surface area contributed by atoms with Crippen molar-refractivity contribution in [2.75, 3.05) is 11.9 Å². The first kappa shape index (κ1) is 15.5. The van der Waals surface area contributed by atoms with Gasteiger partial charge in [-0.2, -0.15) is 0 Å². The first-order chi connectivity index (χ1) is 10.2. The second kappa shape index (κ2) is 7.79. The van der Waals surface area contributed by atoms with E-state index in [4.69, 9.17) is 12.2 Å². The van der Waals surface area contributed by atoms with Crippen molar-refractivity contribution < 1.29 is 0 Å². The van der Waals surface area contributed by atoms with E-state index in [0.717, 1.165) is 18.7 Å². The van der Waals surface area contributed by atoms with Gasteiger partial charge in [-0.05, 0) is 41.7 Å². The zero-order valence-electron chi connectivity index (χ0n) is 12.6. The highest BCUT2D eigenvalue weighted by atomic mass is 32.1. The van der Waals surface area contributed by atoms with E-state index in [0.29, 0.717) is 11.0 Å². The molecule has 0 saturated carbocycles. The molecule has 0 radical (unpaired) electrons. The van der Waals surface area contributed by atoms with E-state index in [9.17, 15) is 0 Å². The average Bonchev–Trinajstić information content (AvgIpc) is 2.48. The summed E-state index contributed by atoms with van der Waals surface area (Å²) in [7, 11) is 0. The summed E-state index contributed by atoms with van der Waals surface area (Å²) in [5, 5.41) is 7.24. The van der Waals surface area contributed by atoms with Crippen molar-refractivity contribution in [2.24, 2.45) is 0 Å². The lowest BCUT2D eigenvalue weighted by Gasteiger charge is -2.16. The Labute approximate surface area is 132 Å². The number of anilines is 1. The molecule has 0 fully saturated rings. The minimum Gasteiger partial charge on any atom is -0.362 e. The molecule has 0 unspecified atom stereocenters. The number of para-hydroxylation sites is 1. The van der Waals surface area contributed by atoms with Gasteiger partial charge >= 0.3 is 0 Å². The van der Waals surface area contributed by atoms with Crippen molar-refractivity contribution in [1.82, 2.24) is 5.32 Å². The standard InChI is InChI=1S/C18H22N2S/c1-14(2)16-10-6-7-11-17(16)20-18(21)19-13-12-15-8-4-3-5-9-15/h3-11,14H,12-13H2,1-2H3,(H2,19,20,21). The van der Waals surface area contributed by atoms with Gasteiger partial charge in [0.2, 0.25) is 0 Å². The maximum Gasteiger partial charge on any atom is 0.170 e. The van der Waals surface area contributed by atoms with Gasteiger partial charge in [0.1, 0.15) is 0 Å². The van der Waals surface area contributed by atoms with E-state index in [2.05, 4.69) is 66.9 Å². The quantitative estimate of drug-likeness (QED) is 0.803. The topological polar surface area (TPSA) is 24.1 Å². The Morgan fingerprint density at radius 2 is 1.67 bits per heavy atom. The van der Waals surface area contributed by atoms with Crippen molar-refractivity contribution in [3.8, 4) is 0 Å². The number of hydrogen-bond donors (Lipinski definition) is 2. The van der Waals surface area contributed by atoms with Crippen LogP contribution in [0.5, 0.6) is 0 Å². The average molecular weight is 298 g/mol. The Morgan fingerprint density at radius 3 is 2.38 bits per heavy atom. The molecule has 2 aromatic carbocycles. The van der Waals surface area contributed by atoms with Crippen LogP contribution >= 0.6 is 12.2 Å². The van der Waals surface area contributed by atoms with Crippen LogP contribution in [-0.2, 0) is 6.42 Å². The van der Waals surface area contributed by atoms with Crippen LogP contribution in [0.25, 0.3) is 0 Å². The molecule has 2 rings (SSSR count). The number of rotatable bonds is 5. The third kappa shape index (κ3) is 4.87. The first-order valence-electron chi connectivity index (χ1n) is 7.34. The second-order valence-corrected chi connectivity index (χ2v) is 5.77. The van der Waals surface area contributed by atoms with E-state index in [-0.39, 0.29) is 0 Å². The second-order valence-electron chi connectivity index (χ2n) is 5.36. The first-order valence-corrected chi connectivity index (χ1v) is 7.75. The van der Waals surface area contributed by atoms with Crippen LogP contribution in [0.15, 0.2) is 54.6 Å². The molecular weight excluding hydrogens is 276 g/mol. The fourth-order valence-electron chi connectivity index (χ4n) is 2.25. The largest absolute Gasteiger partial charge is 0.362 e. The van der Waals surface area contributed by atoms with Crippen molar-refractivity contribution >= 4 is 23.0 Å². The fraction of sp³-hybridized carbons (Fsp3) is 0.278. The van der Waals surface area contributed by atoms with Crippen molar-refractivity contribution in [3.63, 3.8) is 0 Å². The SMILES string of the molecule is CC(C)c1ccccc1NC(=S)NCCc1ccccc1. The molecule has 0 amide bonds. The third-order valence-electron chi connectivity index (χ3n) is 3.37. The maximum absolute atomic E-state index is 5.38. The molecule has 0 atom stereocenters. The number of benzene rings is 2. The Kier molecular flexibility index (Phi) is 5.76. The van der Waals surface area contributed by atoms with Crippen molar-refractivity contribution in [2.45, 2.75) is 26.2 Å². The Hall–Kier alpha value is -1.87. The van der Waals surface area contributed by atoms with E-state index in [1.54, 1.807) is 0 Å². The minimum atomic E-state index is 0.473. The summed E-state index contributed by atoms with van der Waals surface area (Å²) in [6.07, 6.45) is 0.967. The van der Waals surface area contributed by atoms with Gasteiger partial charge in [0.25, 0.3) is 0 Å². The van der Waals surface area contributed by atoms with Gasteiger partial charge in [0.15, 0.2) is 5.11 Å². The summed E-state index contributed by atoms with van der Waals surface area (Å²) in [6, 6.07) is 18.7. The summed E-state index contributed by atoms with van der Waals surface area (Å²) in [6.45, 7) is 5.21. The Bertz CT molecular complexity index is 579. The van der Waals surface area contributed by atoms with Crippen LogP contribution in [0.3, 0.4) is 0 Å². The van der Waals surface area contributed by atoms with Crippen LogP contribution < -0.4 is 10.6 Å². The molecule has 0 heterocycles. The van der Waals surface area contributed by atoms with E-state index < -0.39 is 0 Å². The molecule has 2 aromatic rings. The predicted molar refractivity (Wildman–Crippen MR) is 94.9 cm³/mol.